The van der Waals surface area contributed by atoms with Crippen molar-refractivity contribution in [2.75, 3.05) is 0 Å². The van der Waals surface area contributed by atoms with Gasteiger partial charge in [0.2, 0.25) is 5.91 Å². The first-order valence-corrected chi connectivity index (χ1v) is 7.50. The van der Waals surface area contributed by atoms with Crippen LogP contribution in [0.5, 0.6) is 0 Å². The van der Waals surface area contributed by atoms with Gasteiger partial charge in [0.05, 0.1) is 5.71 Å². The summed E-state index contributed by atoms with van der Waals surface area (Å²) < 4.78 is 0. The smallest absolute Gasteiger partial charge is 0.251 e. The van der Waals surface area contributed by atoms with Gasteiger partial charge in [-0.25, -0.2) is 5.43 Å². The molecule has 2 aromatic carbocycles. The number of hydrogen-bond acceptors (Lipinski definition) is 3. The van der Waals surface area contributed by atoms with Gasteiger partial charge < -0.3 is 5.32 Å². The molecular weight excluding hydrogens is 290 g/mol. The van der Waals surface area contributed by atoms with Crippen molar-refractivity contribution in [1.29, 1.82) is 0 Å². The number of nitrogens with one attached hydrogen (secondary N) is 2. The number of rotatable bonds is 4. The van der Waals surface area contributed by atoms with Gasteiger partial charge in [0.1, 0.15) is 0 Å². The average Bonchev–Trinajstić information content (AvgIpc) is 2.61. The number of benzene rings is 2. The van der Waals surface area contributed by atoms with Crippen molar-refractivity contribution in [2.45, 2.75) is 19.4 Å². The predicted octanol–water partition coefficient (Wildman–Crippen LogP) is 2.23. The van der Waals surface area contributed by atoms with E-state index in [-0.39, 0.29) is 11.8 Å². The Morgan fingerprint density at radius 1 is 1.04 bits per heavy atom. The van der Waals surface area contributed by atoms with Crippen LogP contribution in [0.3, 0.4) is 0 Å². The summed E-state index contributed by atoms with van der Waals surface area (Å²) in [6.45, 7) is 0.500. The van der Waals surface area contributed by atoms with Crippen LogP contribution in [0.2, 0.25) is 0 Å². The van der Waals surface area contributed by atoms with Crippen molar-refractivity contribution < 1.29 is 9.59 Å². The minimum Gasteiger partial charge on any atom is -0.348 e. The number of hydrogen-bond donors (Lipinski definition) is 2. The molecule has 0 saturated heterocycles. The van der Waals surface area contributed by atoms with Crippen LogP contribution < -0.4 is 10.7 Å². The molecule has 2 amide bonds. The monoisotopic (exact) mass is 307 g/mol. The van der Waals surface area contributed by atoms with E-state index >= 15 is 0 Å². The Morgan fingerprint density at radius 3 is 2.43 bits per heavy atom. The van der Waals surface area contributed by atoms with E-state index in [1.54, 1.807) is 12.1 Å². The summed E-state index contributed by atoms with van der Waals surface area (Å²) in [7, 11) is 0. The van der Waals surface area contributed by atoms with Gasteiger partial charge in [-0.1, -0.05) is 42.5 Å². The van der Waals surface area contributed by atoms with E-state index in [0.717, 1.165) is 16.8 Å². The summed E-state index contributed by atoms with van der Waals surface area (Å²) in [5.74, 6) is -0.176. The van der Waals surface area contributed by atoms with E-state index in [1.807, 2.05) is 42.5 Å². The first-order valence-electron chi connectivity index (χ1n) is 7.50. The quantitative estimate of drug-likeness (QED) is 0.909. The lowest BCUT2D eigenvalue weighted by atomic mass is 10.0. The highest BCUT2D eigenvalue weighted by Gasteiger charge is 2.13. The lowest BCUT2D eigenvalue weighted by Crippen LogP contribution is -2.26. The molecule has 23 heavy (non-hydrogen) atoms. The van der Waals surface area contributed by atoms with Gasteiger partial charge in [-0.15, -0.1) is 0 Å². The van der Waals surface area contributed by atoms with Crippen molar-refractivity contribution in [1.82, 2.24) is 10.7 Å². The van der Waals surface area contributed by atoms with Gasteiger partial charge in [0.15, 0.2) is 0 Å². The van der Waals surface area contributed by atoms with Crippen LogP contribution >= 0.6 is 0 Å². The highest BCUT2D eigenvalue weighted by molar-refractivity contribution is 6.04. The van der Waals surface area contributed by atoms with Crippen LogP contribution in [0, 0.1) is 0 Å². The van der Waals surface area contributed by atoms with E-state index in [1.165, 1.54) is 0 Å². The van der Waals surface area contributed by atoms with E-state index in [4.69, 9.17) is 0 Å². The molecule has 5 heteroatoms. The van der Waals surface area contributed by atoms with E-state index < -0.39 is 0 Å². The minimum atomic E-state index is -0.112. The molecule has 0 unspecified atom stereocenters. The molecule has 1 aliphatic heterocycles. The second kappa shape index (κ2) is 6.87. The fraction of sp³-hybridized carbons (Fsp3) is 0.167. The molecule has 0 bridgehead atoms. The van der Waals surface area contributed by atoms with Gasteiger partial charge >= 0.3 is 0 Å². The fourth-order valence-electron chi connectivity index (χ4n) is 2.38. The highest BCUT2D eigenvalue weighted by Crippen LogP contribution is 2.12. The molecule has 5 nitrogen and oxygen atoms in total. The van der Waals surface area contributed by atoms with Crippen LogP contribution in [0.1, 0.15) is 34.3 Å². The van der Waals surface area contributed by atoms with Crippen molar-refractivity contribution >= 4 is 17.5 Å². The van der Waals surface area contributed by atoms with Gasteiger partial charge in [-0.2, -0.15) is 5.10 Å². The molecule has 0 spiro atoms. The number of carbonyl (C=O) groups is 2. The Balaban J connectivity index is 1.62. The van der Waals surface area contributed by atoms with Crippen molar-refractivity contribution in [2.24, 2.45) is 5.10 Å². The zero-order valence-electron chi connectivity index (χ0n) is 12.6. The molecule has 0 saturated carbocycles. The Bertz CT molecular complexity index is 737. The van der Waals surface area contributed by atoms with Crippen LogP contribution in [0.15, 0.2) is 59.7 Å². The number of hydrazone groups is 1. The van der Waals surface area contributed by atoms with Crippen molar-refractivity contribution in [3.05, 3.63) is 71.3 Å². The van der Waals surface area contributed by atoms with E-state index in [9.17, 15) is 9.59 Å². The second-order valence-corrected chi connectivity index (χ2v) is 5.34. The van der Waals surface area contributed by atoms with E-state index in [2.05, 4.69) is 15.8 Å². The van der Waals surface area contributed by atoms with Gasteiger partial charge in [0, 0.05) is 24.9 Å². The van der Waals surface area contributed by atoms with Crippen molar-refractivity contribution in [3.63, 3.8) is 0 Å². The first kappa shape index (κ1) is 15.0. The maximum atomic E-state index is 12.2. The standard InChI is InChI=1S/C18H17N3O2/c22-17-11-10-16(20-21-17)14-6-8-15(9-7-14)18(23)19-12-13-4-2-1-3-5-13/h1-9H,10-12H2,(H,19,23)(H,21,22). The summed E-state index contributed by atoms with van der Waals surface area (Å²) in [6.07, 6.45) is 1.06. The number of carbonyl (C=O) groups excluding carboxylic acids is 2. The molecule has 1 heterocycles. The second-order valence-electron chi connectivity index (χ2n) is 5.34. The first-order chi connectivity index (χ1) is 11.2. The van der Waals surface area contributed by atoms with Crippen LogP contribution in [-0.4, -0.2) is 17.5 Å². The third kappa shape index (κ3) is 3.83. The number of nitrogens with zero attached hydrogens (tertiary/aromatic N) is 1. The van der Waals surface area contributed by atoms with Gasteiger partial charge in [0.25, 0.3) is 5.91 Å². The number of amides is 2. The average molecular weight is 307 g/mol. The van der Waals surface area contributed by atoms with Crippen LogP contribution in [-0.2, 0) is 11.3 Å². The predicted molar refractivity (Wildman–Crippen MR) is 88.0 cm³/mol. The highest BCUT2D eigenvalue weighted by atomic mass is 16.2. The zero-order chi connectivity index (χ0) is 16.1. The summed E-state index contributed by atoms with van der Waals surface area (Å²) in [5, 5.41) is 6.94. The van der Waals surface area contributed by atoms with Crippen molar-refractivity contribution in [3.8, 4) is 0 Å². The Kier molecular flexibility index (Phi) is 4.47. The Labute approximate surface area is 134 Å². The third-order valence-electron chi connectivity index (χ3n) is 3.68. The summed E-state index contributed by atoms with van der Waals surface area (Å²) in [6, 6.07) is 17.0. The molecule has 1 aliphatic rings. The molecule has 2 N–H and O–H groups in total. The Hall–Kier alpha value is -2.95. The summed E-state index contributed by atoms with van der Waals surface area (Å²) in [4.78, 5) is 23.3. The largest absolute Gasteiger partial charge is 0.348 e. The third-order valence-corrected chi connectivity index (χ3v) is 3.68. The molecule has 0 atom stereocenters. The summed E-state index contributed by atoms with van der Waals surface area (Å²) >= 11 is 0. The lowest BCUT2D eigenvalue weighted by molar-refractivity contribution is -0.121. The van der Waals surface area contributed by atoms with Crippen LogP contribution in [0.4, 0.5) is 0 Å². The fourth-order valence-corrected chi connectivity index (χ4v) is 2.38. The molecule has 0 aromatic heterocycles. The maximum Gasteiger partial charge on any atom is 0.251 e. The topological polar surface area (TPSA) is 70.6 Å². The molecular formula is C18H17N3O2. The molecule has 116 valence electrons. The normalized spacial score (nSPS) is 13.9. The van der Waals surface area contributed by atoms with Crippen LogP contribution in [0.25, 0.3) is 0 Å². The molecule has 0 fully saturated rings. The molecule has 3 rings (SSSR count). The minimum absolute atomic E-state index is 0.0642. The van der Waals surface area contributed by atoms with E-state index in [0.29, 0.717) is 24.9 Å². The molecule has 0 radical (unpaired) electrons. The maximum absolute atomic E-state index is 12.2. The molecule has 2 aromatic rings. The SMILES string of the molecule is O=C1CCC(c2ccc(C(=O)NCc3ccccc3)cc2)=NN1. The Morgan fingerprint density at radius 2 is 1.78 bits per heavy atom. The zero-order valence-corrected chi connectivity index (χ0v) is 12.6. The van der Waals surface area contributed by atoms with Gasteiger partial charge in [-0.05, 0) is 23.3 Å². The lowest BCUT2D eigenvalue weighted by Gasteiger charge is -2.12. The van der Waals surface area contributed by atoms with Gasteiger partial charge in [-0.3, -0.25) is 9.59 Å². The molecule has 0 aliphatic carbocycles. The summed E-state index contributed by atoms with van der Waals surface area (Å²) in [5.41, 5.74) is 5.89.